The number of fused-ring (bicyclic) bond motifs is 1. The fourth-order valence-electron chi connectivity index (χ4n) is 3.78. The molecule has 2 fully saturated rings. The molecule has 0 spiro atoms. The minimum absolute atomic E-state index is 0.0356. The van der Waals surface area contributed by atoms with Crippen molar-refractivity contribution in [3.05, 3.63) is 54.2 Å². The predicted molar refractivity (Wildman–Crippen MR) is 123 cm³/mol. The maximum Gasteiger partial charge on any atom is 0.312 e. The highest BCUT2D eigenvalue weighted by atomic mass is 16.2. The van der Waals surface area contributed by atoms with Gasteiger partial charge in [0, 0.05) is 37.2 Å². The Kier molecular flexibility index (Phi) is 6.53. The number of urea groups is 1. The van der Waals surface area contributed by atoms with Gasteiger partial charge in [-0.05, 0) is 32.6 Å². The predicted octanol–water partition coefficient (Wildman–Crippen LogP) is 2.71. The number of nitrogens with one attached hydrogen (secondary N) is 2. The number of aryl methyl sites for hydroxylation is 1. The third-order valence-corrected chi connectivity index (χ3v) is 5.56. The average Bonchev–Trinajstić information content (AvgIpc) is 3.57. The highest BCUT2D eigenvalue weighted by molar-refractivity contribution is 5.93. The minimum Gasteiger partial charge on any atom is -0.356 e. The first-order chi connectivity index (χ1) is 15.5. The maximum atomic E-state index is 12.1. The van der Waals surface area contributed by atoms with Crippen LogP contribution in [-0.4, -0.2) is 45.7 Å². The lowest BCUT2D eigenvalue weighted by Crippen LogP contribution is -2.46. The van der Waals surface area contributed by atoms with E-state index in [1.165, 1.54) is 0 Å². The van der Waals surface area contributed by atoms with Gasteiger partial charge in [0.25, 0.3) is 0 Å². The van der Waals surface area contributed by atoms with Crippen LogP contribution < -0.4 is 21.3 Å². The average molecular weight is 436 g/mol. The summed E-state index contributed by atoms with van der Waals surface area (Å²) in [5.41, 5.74) is 6.80. The van der Waals surface area contributed by atoms with Crippen molar-refractivity contribution in [3.8, 4) is 0 Å². The van der Waals surface area contributed by atoms with Crippen LogP contribution >= 0.6 is 0 Å². The molecule has 168 valence electrons. The summed E-state index contributed by atoms with van der Waals surface area (Å²) < 4.78 is 1.81. The molecule has 3 heterocycles. The van der Waals surface area contributed by atoms with Crippen LogP contribution in [0.1, 0.15) is 31.4 Å². The van der Waals surface area contributed by atoms with E-state index < -0.39 is 6.03 Å². The van der Waals surface area contributed by atoms with Crippen LogP contribution in [0, 0.1) is 12.8 Å². The van der Waals surface area contributed by atoms with E-state index in [-0.39, 0.29) is 17.9 Å². The zero-order chi connectivity index (χ0) is 22.5. The van der Waals surface area contributed by atoms with Crippen LogP contribution in [0.4, 0.5) is 16.4 Å². The van der Waals surface area contributed by atoms with Gasteiger partial charge >= 0.3 is 6.03 Å². The molecule has 0 radical (unpaired) electrons. The summed E-state index contributed by atoms with van der Waals surface area (Å²) in [7, 11) is 0. The Bertz CT molecular complexity index is 1040. The van der Waals surface area contributed by atoms with E-state index in [4.69, 9.17) is 5.73 Å². The molecule has 5 rings (SSSR count). The molecular weight excluding hydrogens is 406 g/mol. The number of hydrogen-bond donors (Lipinski definition) is 3. The van der Waals surface area contributed by atoms with Gasteiger partial charge in [0.1, 0.15) is 11.6 Å². The number of nitrogens with two attached hydrogens (primary N) is 1. The first kappa shape index (κ1) is 21.6. The van der Waals surface area contributed by atoms with E-state index in [1.807, 2.05) is 60.0 Å². The van der Waals surface area contributed by atoms with Gasteiger partial charge in [-0.3, -0.25) is 4.79 Å². The van der Waals surface area contributed by atoms with E-state index in [0.29, 0.717) is 11.5 Å². The standard InChI is InChI=1S/C17H23N7O2.C6H6/c1-10-8-14-20-13(21-16(25)11-2-3-11)9-15(24(14)22-10)23-6-4-12(5-7-23)19-17(18)26;1-2-4-6-5-3-1/h8-9,11-12H,2-7H2,1H3,(H3,18,19,26)(H,20,21,25);1-6H. The molecule has 1 saturated heterocycles. The molecule has 4 N–H and O–H groups in total. The number of piperidine rings is 1. The molecule has 1 aliphatic heterocycles. The van der Waals surface area contributed by atoms with Crippen molar-refractivity contribution in [2.24, 2.45) is 11.7 Å². The molecule has 1 saturated carbocycles. The van der Waals surface area contributed by atoms with Crippen molar-refractivity contribution in [1.82, 2.24) is 19.9 Å². The first-order valence-corrected chi connectivity index (χ1v) is 11.0. The van der Waals surface area contributed by atoms with E-state index in [2.05, 4.69) is 25.6 Å². The van der Waals surface area contributed by atoms with Crippen LogP contribution in [0.15, 0.2) is 48.5 Å². The van der Waals surface area contributed by atoms with Crippen molar-refractivity contribution in [3.63, 3.8) is 0 Å². The number of amides is 3. The molecular formula is C23H29N7O2. The van der Waals surface area contributed by atoms with E-state index in [9.17, 15) is 9.59 Å². The third-order valence-electron chi connectivity index (χ3n) is 5.56. The van der Waals surface area contributed by atoms with Crippen LogP contribution in [0.3, 0.4) is 0 Å². The number of carbonyl (C=O) groups is 2. The second-order valence-corrected chi connectivity index (χ2v) is 8.24. The fourth-order valence-corrected chi connectivity index (χ4v) is 3.78. The molecule has 0 bridgehead atoms. The Balaban J connectivity index is 0.000000354. The van der Waals surface area contributed by atoms with Gasteiger partial charge in [0.05, 0.1) is 5.69 Å². The quantitative estimate of drug-likeness (QED) is 0.582. The lowest BCUT2D eigenvalue weighted by Gasteiger charge is -2.33. The summed E-state index contributed by atoms with van der Waals surface area (Å²) in [6.07, 6.45) is 3.51. The SMILES string of the molecule is Cc1cc2nc(NC(=O)C3CC3)cc(N3CCC(NC(N)=O)CC3)n2n1.c1ccccc1. The Morgan fingerprint density at radius 1 is 1.00 bits per heavy atom. The van der Waals surface area contributed by atoms with Gasteiger partial charge in [-0.15, -0.1) is 0 Å². The third kappa shape index (κ3) is 5.54. The van der Waals surface area contributed by atoms with E-state index in [1.54, 1.807) is 0 Å². The Hall–Kier alpha value is -3.62. The Morgan fingerprint density at radius 3 is 2.19 bits per heavy atom. The maximum absolute atomic E-state index is 12.1. The van der Waals surface area contributed by atoms with Crippen LogP contribution in [0.5, 0.6) is 0 Å². The molecule has 1 aromatic carbocycles. The molecule has 3 aromatic rings. The van der Waals surface area contributed by atoms with Crippen molar-refractivity contribution < 1.29 is 9.59 Å². The number of nitrogens with zero attached hydrogens (tertiary/aromatic N) is 4. The molecule has 3 amide bonds. The van der Waals surface area contributed by atoms with E-state index in [0.717, 1.165) is 50.3 Å². The Labute approximate surface area is 187 Å². The molecule has 0 atom stereocenters. The minimum atomic E-state index is -0.484. The van der Waals surface area contributed by atoms with Gasteiger partial charge in [-0.2, -0.15) is 9.61 Å². The summed E-state index contributed by atoms with van der Waals surface area (Å²) >= 11 is 0. The highest BCUT2D eigenvalue weighted by Gasteiger charge is 2.30. The van der Waals surface area contributed by atoms with Crippen molar-refractivity contribution in [2.45, 2.75) is 38.6 Å². The number of aromatic nitrogens is 3. The molecule has 9 nitrogen and oxygen atoms in total. The largest absolute Gasteiger partial charge is 0.356 e. The summed E-state index contributed by atoms with van der Waals surface area (Å²) in [4.78, 5) is 29.9. The van der Waals surface area contributed by atoms with Gasteiger partial charge < -0.3 is 21.3 Å². The molecule has 2 aliphatic rings. The molecule has 32 heavy (non-hydrogen) atoms. The van der Waals surface area contributed by atoms with Crippen LogP contribution in [0.25, 0.3) is 5.65 Å². The van der Waals surface area contributed by atoms with E-state index >= 15 is 0 Å². The summed E-state index contributed by atoms with van der Waals surface area (Å²) in [5, 5.41) is 10.2. The number of primary amides is 1. The lowest BCUT2D eigenvalue weighted by molar-refractivity contribution is -0.117. The smallest absolute Gasteiger partial charge is 0.312 e. The second kappa shape index (κ2) is 9.67. The lowest BCUT2D eigenvalue weighted by atomic mass is 10.1. The number of carbonyl (C=O) groups excluding carboxylic acids is 2. The number of anilines is 2. The summed E-state index contributed by atoms with van der Waals surface area (Å²) in [6, 6.07) is 15.4. The van der Waals surface area contributed by atoms with Gasteiger partial charge in [0.2, 0.25) is 5.91 Å². The normalized spacial score (nSPS) is 16.2. The number of benzene rings is 1. The molecule has 9 heteroatoms. The molecule has 1 aliphatic carbocycles. The van der Waals surface area contributed by atoms with Crippen LogP contribution in [-0.2, 0) is 4.79 Å². The van der Waals surface area contributed by atoms with Crippen molar-refractivity contribution in [1.29, 1.82) is 0 Å². The second-order valence-electron chi connectivity index (χ2n) is 8.24. The Morgan fingerprint density at radius 2 is 1.62 bits per heavy atom. The summed E-state index contributed by atoms with van der Waals surface area (Å²) in [6.45, 7) is 3.45. The number of hydrogen-bond acceptors (Lipinski definition) is 5. The fraction of sp³-hybridized carbons (Fsp3) is 0.391. The van der Waals surface area contributed by atoms with Crippen LogP contribution in [0.2, 0.25) is 0 Å². The van der Waals surface area contributed by atoms with Crippen molar-refractivity contribution in [2.75, 3.05) is 23.3 Å². The van der Waals surface area contributed by atoms with Gasteiger partial charge in [0.15, 0.2) is 5.65 Å². The zero-order valence-corrected chi connectivity index (χ0v) is 18.2. The van der Waals surface area contributed by atoms with Crippen molar-refractivity contribution >= 4 is 29.2 Å². The molecule has 2 aromatic heterocycles. The first-order valence-electron chi connectivity index (χ1n) is 11.0. The van der Waals surface area contributed by atoms with Gasteiger partial charge in [-0.1, -0.05) is 36.4 Å². The van der Waals surface area contributed by atoms with Gasteiger partial charge in [-0.25, -0.2) is 9.78 Å². The topological polar surface area (TPSA) is 118 Å². The molecule has 0 unspecified atom stereocenters. The zero-order valence-electron chi connectivity index (χ0n) is 18.2. The highest BCUT2D eigenvalue weighted by Crippen LogP contribution is 2.31. The summed E-state index contributed by atoms with van der Waals surface area (Å²) in [5.74, 6) is 1.61. The monoisotopic (exact) mass is 435 g/mol. The number of rotatable bonds is 4.